The van der Waals surface area contributed by atoms with E-state index in [0.29, 0.717) is 58.5 Å². The van der Waals surface area contributed by atoms with Crippen LogP contribution in [0.2, 0.25) is 0 Å². The van der Waals surface area contributed by atoms with Gasteiger partial charge in [0.05, 0.1) is 26.8 Å². The fourth-order valence-corrected chi connectivity index (χ4v) is 3.67. The number of methoxy groups -OCH3 is 3. The Morgan fingerprint density at radius 3 is 2.39 bits per heavy atom. The van der Waals surface area contributed by atoms with Crippen LogP contribution in [0.5, 0.6) is 17.2 Å². The summed E-state index contributed by atoms with van der Waals surface area (Å²) in [7, 11) is 4.71. The van der Waals surface area contributed by atoms with E-state index in [1.807, 2.05) is 38.2 Å². The lowest BCUT2D eigenvalue weighted by Crippen LogP contribution is -2.23. The summed E-state index contributed by atoms with van der Waals surface area (Å²) in [5, 5.41) is 11.9. The van der Waals surface area contributed by atoms with Crippen LogP contribution in [0.3, 0.4) is 0 Å². The van der Waals surface area contributed by atoms with E-state index < -0.39 is 5.60 Å². The van der Waals surface area contributed by atoms with Crippen LogP contribution in [0.25, 0.3) is 16.7 Å². The van der Waals surface area contributed by atoms with Gasteiger partial charge in [-0.05, 0) is 40.5 Å². The lowest BCUT2D eigenvalue weighted by molar-refractivity contribution is -0.154. The highest BCUT2D eigenvalue weighted by molar-refractivity contribution is 5.92. The number of unbranched alkanes of at least 4 members (excludes halogenated alkanes) is 2. The van der Waals surface area contributed by atoms with Gasteiger partial charge in [-0.1, -0.05) is 6.42 Å². The second-order valence-corrected chi connectivity index (χ2v) is 8.70. The van der Waals surface area contributed by atoms with Gasteiger partial charge in [0.2, 0.25) is 11.4 Å². The molecule has 0 unspecified atom stereocenters. The maximum Gasteiger partial charge on any atom is 0.306 e. The molecule has 3 rings (SSSR count). The summed E-state index contributed by atoms with van der Waals surface area (Å²) in [4.78, 5) is 16.6. The fourth-order valence-electron chi connectivity index (χ4n) is 3.67. The topological polar surface area (TPSA) is 109 Å². The molecule has 0 spiro atoms. The van der Waals surface area contributed by atoms with Crippen molar-refractivity contribution in [1.29, 1.82) is 0 Å². The summed E-state index contributed by atoms with van der Waals surface area (Å²) < 4.78 is 23.9. The van der Waals surface area contributed by atoms with Crippen LogP contribution in [-0.2, 0) is 9.53 Å². The van der Waals surface area contributed by atoms with Gasteiger partial charge in [0, 0.05) is 19.0 Å². The number of rotatable bonds is 10. The van der Waals surface area contributed by atoms with E-state index in [4.69, 9.17) is 23.9 Å². The monoisotopic (exact) mass is 459 g/mol. The Labute approximate surface area is 193 Å². The number of nitrogens with zero attached hydrogens (tertiary/aromatic N) is 4. The number of aromatic nitrogens is 4. The number of esters is 1. The molecule has 180 valence electrons. The first kappa shape index (κ1) is 24.3. The number of hydrogen-bond donors (Lipinski definition) is 1. The van der Waals surface area contributed by atoms with Gasteiger partial charge >= 0.3 is 5.97 Å². The van der Waals surface area contributed by atoms with E-state index in [1.54, 1.807) is 21.3 Å². The van der Waals surface area contributed by atoms with Crippen LogP contribution >= 0.6 is 0 Å². The minimum absolute atomic E-state index is 0.161. The molecule has 1 aromatic carbocycles. The third kappa shape index (κ3) is 5.37. The van der Waals surface area contributed by atoms with Crippen LogP contribution in [-0.4, -0.2) is 59.0 Å². The second kappa shape index (κ2) is 10.1. The molecule has 0 aliphatic heterocycles. The number of ether oxygens (including phenoxy) is 4. The van der Waals surface area contributed by atoms with Crippen molar-refractivity contribution < 1.29 is 23.7 Å². The fraction of sp³-hybridized carbons (Fsp3) is 0.565. The van der Waals surface area contributed by atoms with E-state index >= 15 is 0 Å². The molecule has 2 heterocycles. The SMILES string of the molecule is COc1cc2nc(NCCCCCC(=O)OC(C)(C)C)c3nnc(C)n3c2c(OC)c1OC. The first-order valence-corrected chi connectivity index (χ1v) is 11.0. The lowest BCUT2D eigenvalue weighted by atomic mass is 10.1. The van der Waals surface area contributed by atoms with Crippen molar-refractivity contribution >= 4 is 28.5 Å². The van der Waals surface area contributed by atoms with Gasteiger partial charge in [0.15, 0.2) is 17.3 Å². The molecule has 0 radical (unpaired) electrons. The molecule has 10 heteroatoms. The quantitative estimate of drug-likeness (QED) is 0.356. The molecule has 0 saturated carbocycles. The summed E-state index contributed by atoms with van der Waals surface area (Å²) in [5.41, 5.74) is 1.51. The van der Waals surface area contributed by atoms with Crippen LogP contribution in [0.4, 0.5) is 5.82 Å². The van der Waals surface area contributed by atoms with Gasteiger partial charge < -0.3 is 24.3 Å². The summed E-state index contributed by atoms with van der Waals surface area (Å²) in [5.74, 6) is 2.65. The Bertz CT molecular complexity index is 1140. The van der Waals surface area contributed by atoms with Crippen molar-refractivity contribution in [2.45, 2.75) is 59.0 Å². The zero-order valence-electron chi connectivity index (χ0n) is 20.4. The number of carbonyl (C=O) groups excluding carboxylic acids is 1. The smallest absolute Gasteiger partial charge is 0.306 e. The van der Waals surface area contributed by atoms with Crippen LogP contribution in [0.15, 0.2) is 6.07 Å². The third-order valence-electron chi connectivity index (χ3n) is 5.05. The van der Waals surface area contributed by atoms with Gasteiger partial charge in [-0.25, -0.2) is 4.98 Å². The highest BCUT2D eigenvalue weighted by Gasteiger charge is 2.22. The molecule has 2 aromatic heterocycles. The summed E-state index contributed by atoms with van der Waals surface area (Å²) >= 11 is 0. The van der Waals surface area contributed by atoms with Crippen molar-refractivity contribution in [3.63, 3.8) is 0 Å². The number of hydrogen-bond acceptors (Lipinski definition) is 9. The number of fused-ring (bicyclic) bond motifs is 3. The Morgan fingerprint density at radius 1 is 1.03 bits per heavy atom. The summed E-state index contributed by atoms with van der Waals surface area (Å²) in [6.45, 7) is 8.17. The van der Waals surface area contributed by atoms with Gasteiger partial charge in [0.25, 0.3) is 0 Å². The maximum atomic E-state index is 11.8. The molecule has 0 aliphatic carbocycles. The highest BCUT2D eigenvalue weighted by atomic mass is 16.6. The maximum absolute atomic E-state index is 11.8. The lowest BCUT2D eigenvalue weighted by Gasteiger charge is -2.19. The zero-order valence-corrected chi connectivity index (χ0v) is 20.4. The molecule has 0 bridgehead atoms. The molecule has 10 nitrogen and oxygen atoms in total. The number of benzene rings is 1. The first-order chi connectivity index (χ1) is 15.7. The third-order valence-corrected chi connectivity index (χ3v) is 5.05. The van der Waals surface area contributed by atoms with Crippen molar-refractivity contribution in [3.8, 4) is 17.2 Å². The molecule has 1 N–H and O–H groups in total. The Balaban J connectivity index is 1.78. The highest BCUT2D eigenvalue weighted by Crippen LogP contribution is 2.43. The molecular weight excluding hydrogens is 426 g/mol. The van der Waals surface area contributed by atoms with Crippen molar-refractivity contribution in [3.05, 3.63) is 11.9 Å². The van der Waals surface area contributed by atoms with Crippen molar-refractivity contribution in [2.24, 2.45) is 0 Å². The molecule has 0 saturated heterocycles. The molecule has 33 heavy (non-hydrogen) atoms. The minimum Gasteiger partial charge on any atom is -0.493 e. The summed E-state index contributed by atoms with van der Waals surface area (Å²) in [6.07, 6.45) is 2.95. The number of aryl methyl sites for hydroxylation is 1. The van der Waals surface area contributed by atoms with Gasteiger partial charge in [-0.3, -0.25) is 9.20 Å². The number of nitrogens with one attached hydrogen (secondary N) is 1. The largest absolute Gasteiger partial charge is 0.493 e. The average molecular weight is 460 g/mol. The Kier molecular flexibility index (Phi) is 7.45. The predicted octanol–water partition coefficient (Wildman–Crippen LogP) is 3.93. The number of anilines is 1. The normalized spacial score (nSPS) is 11.6. The van der Waals surface area contributed by atoms with E-state index in [-0.39, 0.29) is 5.97 Å². The van der Waals surface area contributed by atoms with Crippen molar-refractivity contribution in [2.75, 3.05) is 33.2 Å². The standard InChI is InChI=1S/C23H33N5O5/c1-14-26-27-22-21(24-12-10-8-9-11-17(29)33-23(2,3)4)25-15-13-16(30-5)19(31-6)20(32-7)18(15)28(14)22/h13H,8-12H2,1-7H3,(H,24,25). The number of carbonyl (C=O) groups is 1. The molecule has 3 aromatic rings. The minimum atomic E-state index is -0.447. The van der Waals surface area contributed by atoms with Crippen LogP contribution in [0.1, 0.15) is 52.3 Å². The van der Waals surface area contributed by atoms with Gasteiger partial charge in [-0.2, -0.15) is 0 Å². The van der Waals surface area contributed by atoms with E-state index in [0.717, 1.165) is 19.3 Å². The second-order valence-electron chi connectivity index (χ2n) is 8.70. The Hall–Kier alpha value is -3.30. The van der Waals surface area contributed by atoms with E-state index in [9.17, 15) is 4.79 Å². The predicted molar refractivity (Wildman–Crippen MR) is 125 cm³/mol. The van der Waals surface area contributed by atoms with Crippen LogP contribution in [0, 0.1) is 6.92 Å². The molecule has 0 fully saturated rings. The van der Waals surface area contributed by atoms with Crippen molar-refractivity contribution in [1.82, 2.24) is 19.6 Å². The van der Waals surface area contributed by atoms with Gasteiger partial charge in [-0.15, -0.1) is 10.2 Å². The van der Waals surface area contributed by atoms with Gasteiger partial charge in [0.1, 0.15) is 16.9 Å². The first-order valence-electron chi connectivity index (χ1n) is 11.0. The Morgan fingerprint density at radius 2 is 1.76 bits per heavy atom. The molecule has 0 aliphatic rings. The molecule has 0 atom stereocenters. The van der Waals surface area contributed by atoms with E-state index in [2.05, 4.69) is 15.5 Å². The zero-order chi connectivity index (χ0) is 24.2. The summed E-state index contributed by atoms with van der Waals surface area (Å²) in [6, 6.07) is 1.81. The van der Waals surface area contributed by atoms with Crippen LogP contribution < -0.4 is 19.5 Å². The van der Waals surface area contributed by atoms with E-state index in [1.165, 1.54) is 0 Å². The molecular formula is C23H33N5O5. The molecule has 0 amide bonds. The average Bonchev–Trinajstić information content (AvgIpc) is 3.15.